The molecule has 1 aliphatic rings. The molecule has 0 unspecified atom stereocenters. The van der Waals surface area contributed by atoms with E-state index in [4.69, 9.17) is 5.73 Å². The highest BCUT2D eigenvalue weighted by Gasteiger charge is 2.13. The quantitative estimate of drug-likeness (QED) is 0.647. The van der Waals surface area contributed by atoms with Crippen molar-refractivity contribution in [2.75, 3.05) is 44.4 Å². The molecule has 1 aromatic carbocycles. The van der Waals surface area contributed by atoms with Crippen molar-refractivity contribution in [3.63, 3.8) is 0 Å². The fraction of sp³-hybridized carbons (Fsp3) is 0.375. The average Bonchev–Trinajstić information content (AvgIpc) is 2.96. The minimum Gasteiger partial charge on any atom is -0.383 e. The summed E-state index contributed by atoms with van der Waals surface area (Å²) in [5.74, 6) is 0.516. The highest BCUT2D eigenvalue weighted by molar-refractivity contribution is 7.14. The van der Waals surface area contributed by atoms with Gasteiger partial charge >= 0.3 is 0 Å². The zero-order valence-electron chi connectivity index (χ0n) is 13.3. The van der Waals surface area contributed by atoms with Crippen molar-refractivity contribution in [2.24, 2.45) is 5.10 Å². The molecule has 0 bridgehead atoms. The Morgan fingerprint density at radius 1 is 1.35 bits per heavy atom. The predicted octanol–water partition coefficient (Wildman–Crippen LogP) is 1.92. The Morgan fingerprint density at radius 3 is 2.91 bits per heavy atom. The van der Waals surface area contributed by atoms with Crippen molar-refractivity contribution in [2.45, 2.75) is 6.54 Å². The molecule has 1 fully saturated rings. The van der Waals surface area contributed by atoms with Crippen LogP contribution in [0.15, 0.2) is 34.7 Å². The number of nitrogen functional groups attached to an aromatic ring is 1. The Kier molecular flexibility index (Phi) is 5.22. The van der Waals surface area contributed by atoms with Crippen LogP contribution >= 0.6 is 11.3 Å². The van der Waals surface area contributed by atoms with E-state index in [2.05, 4.69) is 56.6 Å². The van der Waals surface area contributed by atoms with Crippen LogP contribution in [-0.2, 0) is 6.54 Å². The molecule has 23 heavy (non-hydrogen) atoms. The number of hydrogen-bond acceptors (Lipinski definition) is 7. The number of aromatic nitrogens is 1. The smallest absolute Gasteiger partial charge is 0.205 e. The summed E-state index contributed by atoms with van der Waals surface area (Å²) in [6.07, 6.45) is 1.81. The summed E-state index contributed by atoms with van der Waals surface area (Å²) in [5.41, 5.74) is 10.9. The second kappa shape index (κ2) is 7.54. The van der Waals surface area contributed by atoms with Crippen molar-refractivity contribution in [1.82, 2.24) is 14.8 Å². The summed E-state index contributed by atoms with van der Waals surface area (Å²) in [4.78, 5) is 8.97. The average molecular weight is 330 g/mol. The van der Waals surface area contributed by atoms with Crippen LogP contribution < -0.4 is 11.2 Å². The maximum absolute atomic E-state index is 5.58. The van der Waals surface area contributed by atoms with E-state index in [1.165, 1.54) is 16.9 Å². The third kappa shape index (κ3) is 4.75. The van der Waals surface area contributed by atoms with Crippen LogP contribution in [-0.4, -0.2) is 54.2 Å². The molecule has 122 valence electrons. The second-order valence-electron chi connectivity index (χ2n) is 5.77. The lowest BCUT2D eigenvalue weighted by atomic mass is 10.1. The molecule has 7 heteroatoms. The Balaban J connectivity index is 1.56. The molecule has 0 radical (unpaired) electrons. The zero-order valence-corrected chi connectivity index (χ0v) is 14.1. The summed E-state index contributed by atoms with van der Waals surface area (Å²) in [6, 6.07) is 8.48. The first-order chi connectivity index (χ1) is 11.2. The molecule has 6 nitrogen and oxygen atoms in total. The molecule has 0 saturated carbocycles. The van der Waals surface area contributed by atoms with Gasteiger partial charge in [-0.1, -0.05) is 18.2 Å². The lowest BCUT2D eigenvalue weighted by Gasteiger charge is -2.32. The number of nitrogens with two attached hydrogens (primary N) is 1. The molecule has 1 saturated heterocycles. The number of likely N-dealkylation sites (N-methyl/N-ethyl adjacent to an activating group) is 1. The molecule has 0 spiro atoms. The minimum absolute atomic E-state index is 0.516. The van der Waals surface area contributed by atoms with Gasteiger partial charge in [-0.25, -0.2) is 4.98 Å². The summed E-state index contributed by atoms with van der Waals surface area (Å²) in [5, 5.41) is 6.71. The molecule has 0 atom stereocenters. The standard InChI is InChI=1S/C16H22N6S/c1-21-5-7-22(8-6-21)11-14-4-2-3-13(9-14)10-18-20-16-19-15(17)12-23-16/h2-4,9-10,12H,5-8,11,17H2,1H3,(H,19,20). The van der Waals surface area contributed by atoms with Crippen LogP contribution in [0.2, 0.25) is 0 Å². The first-order valence-electron chi connectivity index (χ1n) is 7.69. The molecule has 1 aromatic heterocycles. The summed E-state index contributed by atoms with van der Waals surface area (Å²) < 4.78 is 0. The number of anilines is 2. The van der Waals surface area contributed by atoms with Crippen molar-refractivity contribution in [3.05, 3.63) is 40.8 Å². The van der Waals surface area contributed by atoms with Crippen molar-refractivity contribution >= 4 is 28.5 Å². The number of thiazole rings is 1. The van der Waals surface area contributed by atoms with Gasteiger partial charge < -0.3 is 10.6 Å². The highest BCUT2D eigenvalue weighted by Crippen LogP contribution is 2.16. The van der Waals surface area contributed by atoms with Crippen molar-refractivity contribution in [1.29, 1.82) is 0 Å². The van der Waals surface area contributed by atoms with Crippen molar-refractivity contribution in [3.8, 4) is 0 Å². The predicted molar refractivity (Wildman–Crippen MR) is 97.0 cm³/mol. The van der Waals surface area contributed by atoms with E-state index in [1.807, 2.05) is 6.21 Å². The van der Waals surface area contributed by atoms with Crippen LogP contribution in [0.4, 0.5) is 10.9 Å². The molecular weight excluding hydrogens is 308 g/mol. The van der Waals surface area contributed by atoms with E-state index < -0.39 is 0 Å². The molecular formula is C16H22N6S. The molecule has 1 aliphatic heterocycles. The van der Waals surface area contributed by atoms with Gasteiger partial charge in [0.2, 0.25) is 5.13 Å². The van der Waals surface area contributed by atoms with Crippen molar-refractivity contribution < 1.29 is 0 Å². The highest BCUT2D eigenvalue weighted by atomic mass is 32.1. The summed E-state index contributed by atoms with van der Waals surface area (Å²) >= 11 is 1.44. The topological polar surface area (TPSA) is 69.8 Å². The Bertz CT molecular complexity index is 660. The van der Waals surface area contributed by atoms with Crippen LogP contribution in [0, 0.1) is 0 Å². The summed E-state index contributed by atoms with van der Waals surface area (Å²) in [7, 11) is 2.18. The summed E-state index contributed by atoms with van der Waals surface area (Å²) in [6.45, 7) is 5.53. The number of nitrogens with one attached hydrogen (secondary N) is 1. The van der Waals surface area contributed by atoms with E-state index in [1.54, 1.807) is 5.38 Å². The van der Waals surface area contributed by atoms with E-state index in [-0.39, 0.29) is 0 Å². The monoisotopic (exact) mass is 330 g/mol. The fourth-order valence-corrected chi connectivity index (χ4v) is 3.08. The van der Waals surface area contributed by atoms with Gasteiger partial charge in [-0.3, -0.25) is 10.3 Å². The number of hydrogen-bond donors (Lipinski definition) is 2. The minimum atomic E-state index is 0.516. The number of rotatable bonds is 5. The SMILES string of the molecule is CN1CCN(Cc2cccc(C=NNc3nc(N)cs3)c2)CC1. The molecule has 0 amide bonds. The van der Waals surface area contributed by atoms with Gasteiger partial charge in [0, 0.05) is 38.1 Å². The maximum Gasteiger partial charge on any atom is 0.205 e. The van der Waals surface area contributed by atoms with Gasteiger partial charge in [-0.15, -0.1) is 11.3 Å². The molecule has 2 aromatic rings. The lowest BCUT2D eigenvalue weighted by Crippen LogP contribution is -2.43. The fourth-order valence-electron chi connectivity index (χ4n) is 2.54. The Labute approximate surface area is 140 Å². The zero-order chi connectivity index (χ0) is 16.1. The van der Waals surface area contributed by atoms with Gasteiger partial charge in [0.15, 0.2) is 0 Å². The van der Waals surface area contributed by atoms with Crippen LogP contribution in [0.5, 0.6) is 0 Å². The number of nitrogens with zero attached hydrogens (tertiary/aromatic N) is 4. The van der Waals surface area contributed by atoms with Gasteiger partial charge in [0.1, 0.15) is 5.82 Å². The Hall–Kier alpha value is -1.96. The van der Waals surface area contributed by atoms with Gasteiger partial charge in [-0.05, 0) is 24.2 Å². The molecule has 0 aliphatic carbocycles. The van der Waals surface area contributed by atoms with E-state index >= 15 is 0 Å². The van der Waals surface area contributed by atoms with Gasteiger partial charge in [0.25, 0.3) is 0 Å². The van der Waals surface area contributed by atoms with E-state index in [0.717, 1.165) is 38.3 Å². The van der Waals surface area contributed by atoms with Gasteiger partial charge in [-0.2, -0.15) is 5.10 Å². The molecule has 3 rings (SSSR count). The third-order valence-corrected chi connectivity index (χ3v) is 4.61. The van der Waals surface area contributed by atoms with E-state index in [0.29, 0.717) is 10.9 Å². The number of benzene rings is 1. The van der Waals surface area contributed by atoms with E-state index in [9.17, 15) is 0 Å². The maximum atomic E-state index is 5.58. The van der Waals surface area contributed by atoms with Crippen LogP contribution in [0.25, 0.3) is 0 Å². The van der Waals surface area contributed by atoms with Crippen LogP contribution in [0.3, 0.4) is 0 Å². The largest absolute Gasteiger partial charge is 0.383 e. The van der Waals surface area contributed by atoms with Crippen LogP contribution in [0.1, 0.15) is 11.1 Å². The van der Waals surface area contributed by atoms with Gasteiger partial charge in [0.05, 0.1) is 6.21 Å². The molecule has 2 heterocycles. The first kappa shape index (κ1) is 15.9. The lowest BCUT2D eigenvalue weighted by molar-refractivity contribution is 0.148. The normalized spacial score (nSPS) is 16.9. The first-order valence-corrected chi connectivity index (χ1v) is 8.57. The number of hydrazone groups is 1. The Morgan fingerprint density at radius 2 is 2.17 bits per heavy atom. The number of piperazine rings is 1. The molecule has 3 N–H and O–H groups in total. The third-order valence-electron chi connectivity index (χ3n) is 3.85. The second-order valence-corrected chi connectivity index (χ2v) is 6.63.